The van der Waals surface area contributed by atoms with Crippen molar-refractivity contribution < 1.29 is 31.9 Å². The van der Waals surface area contributed by atoms with Gasteiger partial charge >= 0.3 is 6.18 Å². The van der Waals surface area contributed by atoms with E-state index in [0.29, 0.717) is 0 Å². The van der Waals surface area contributed by atoms with E-state index >= 15 is 0 Å². The molecular formula is C24H21F4N5O4. The number of H-pyrrole nitrogens is 1. The van der Waals surface area contributed by atoms with Crippen LogP contribution in [-0.4, -0.2) is 40.8 Å². The van der Waals surface area contributed by atoms with E-state index in [1.54, 1.807) is 0 Å². The van der Waals surface area contributed by atoms with Gasteiger partial charge in [0.05, 0.1) is 29.6 Å². The van der Waals surface area contributed by atoms with Crippen molar-refractivity contribution in [1.82, 2.24) is 20.8 Å². The predicted octanol–water partition coefficient (Wildman–Crippen LogP) is 2.88. The van der Waals surface area contributed by atoms with Crippen LogP contribution in [0.2, 0.25) is 0 Å². The van der Waals surface area contributed by atoms with Crippen molar-refractivity contribution in [3.05, 3.63) is 87.6 Å². The van der Waals surface area contributed by atoms with E-state index in [4.69, 9.17) is 4.74 Å². The number of rotatable bonds is 7. The first kappa shape index (κ1) is 25.8. The highest BCUT2D eigenvalue weighted by Gasteiger charge is 2.44. The van der Waals surface area contributed by atoms with Gasteiger partial charge in [0.25, 0.3) is 11.5 Å². The molecule has 1 atom stereocenters. The summed E-state index contributed by atoms with van der Waals surface area (Å²) in [6.45, 7) is -0.200. The average molecular weight is 519 g/mol. The van der Waals surface area contributed by atoms with E-state index in [0.717, 1.165) is 24.4 Å². The molecule has 194 valence electrons. The van der Waals surface area contributed by atoms with Gasteiger partial charge < -0.3 is 20.7 Å². The molecule has 2 heterocycles. The molecule has 1 aromatic heterocycles. The molecule has 2 amide bonds. The standard InChI is InChI=1S/C24H21F4N5O4/c25-18-10-16(31-19-4-2-1-3-17(19)24(26,27)28)6-5-14(18)11-29-22(36)23(7-8-37-13-23)32-21(35)15-9-20(34)33-30-12-15/h1-6,9-10,12,31H,7-8,11,13H2,(H,29,36)(H,32,35)(H,33,34). The Morgan fingerprint density at radius 1 is 1.14 bits per heavy atom. The van der Waals surface area contributed by atoms with E-state index in [1.807, 2.05) is 0 Å². The second kappa shape index (κ2) is 10.4. The third kappa shape index (κ3) is 5.94. The molecule has 9 nitrogen and oxygen atoms in total. The third-order valence-corrected chi connectivity index (χ3v) is 5.74. The van der Waals surface area contributed by atoms with Gasteiger partial charge in [-0.3, -0.25) is 14.4 Å². The van der Waals surface area contributed by atoms with Crippen LogP contribution in [0, 0.1) is 5.82 Å². The van der Waals surface area contributed by atoms with Gasteiger partial charge in [-0.25, -0.2) is 9.49 Å². The summed E-state index contributed by atoms with van der Waals surface area (Å²) in [6, 6.07) is 9.57. The van der Waals surface area contributed by atoms with E-state index in [1.165, 1.54) is 30.3 Å². The molecule has 0 bridgehead atoms. The largest absolute Gasteiger partial charge is 0.418 e. The predicted molar refractivity (Wildman–Crippen MR) is 123 cm³/mol. The zero-order valence-electron chi connectivity index (χ0n) is 19.1. The topological polar surface area (TPSA) is 125 Å². The summed E-state index contributed by atoms with van der Waals surface area (Å²) in [5, 5.41) is 13.4. The number of nitrogens with one attached hydrogen (secondary N) is 4. The van der Waals surface area contributed by atoms with Gasteiger partial charge in [-0.2, -0.15) is 18.3 Å². The fraction of sp³-hybridized carbons (Fsp3) is 0.250. The van der Waals surface area contributed by atoms with Crippen LogP contribution in [0.1, 0.15) is 27.9 Å². The number of anilines is 2. The molecule has 4 rings (SSSR count). The van der Waals surface area contributed by atoms with Gasteiger partial charge in [-0.15, -0.1) is 0 Å². The first-order chi connectivity index (χ1) is 17.6. The minimum atomic E-state index is -4.59. The number of carbonyl (C=O) groups excluding carboxylic acids is 2. The molecule has 1 aliphatic rings. The average Bonchev–Trinajstić information content (AvgIpc) is 3.33. The lowest BCUT2D eigenvalue weighted by molar-refractivity contribution is -0.137. The zero-order chi connectivity index (χ0) is 26.6. The van der Waals surface area contributed by atoms with Gasteiger partial charge in [0.2, 0.25) is 5.91 Å². The van der Waals surface area contributed by atoms with Crippen LogP contribution in [-0.2, 0) is 22.3 Å². The molecule has 3 aromatic rings. The summed E-state index contributed by atoms with van der Waals surface area (Å²) in [6.07, 6.45) is -3.31. The lowest BCUT2D eigenvalue weighted by atomic mass is 9.96. The Hall–Kier alpha value is -4.26. The van der Waals surface area contributed by atoms with Crippen molar-refractivity contribution in [3.63, 3.8) is 0 Å². The molecule has 0 radical (unpaired) electrons. The van der Waals surface area contributed by atoms with E-state index in [9.17, 15) is 31.9 Å². The van der Waals surface area contributed by atoms with Gasteiger partial charge in [0.15, 0.2) is 0 Å². The molecule has 13 heteroatoms. The number of carbonyl (C=O) groups is 2. The fourth-order valence-corrected chi connectivity index (χ4v) is 3.80. The Labute approximate surface area is 207 Å². The Morgan fingerprint density at radius 2 is 1.92 bits per heavy atom. The minimum Gasteiger partial charge on any atom is -0.378 e. The van der Waals surface area contributed by atoms with E-state index < -0.39 is 40.5 Å². The lowest BCUT2D eigenvalue weighted by Crippen LogP contribution is -2.59. The monoisotopic (exact) mass is 519 g/mol. The highest BCUT2D eigenvalue weighted by atomic mass is 19.4. The highest BCUT2D eigenvalue weighted by molar-refractivity contribution is 5.99. The Kier molecular flexibility index (Phi) is 7.25. The van der Waals surface area contributed by atoms with Gasteiger partial charge in [-0.05, 0) is 24.3 Å². The second-order valence-electron chi connectivity index (χ2n) is 8.33. The summed E-state index contributed by atoms with van der Waals surface area (Å²) in [5.74, 6) is -2.10. The molecule has 37 heavy (non-hydrogen) atoms. The highest BCUT2D eigenvalue weighted by Crippen LogP contribution is 2.36. The van der Waals surface area contributed by atoms with Crippen molar-refractivity contribution in [2.45, 2.75) is 24.7 Å². The van der Waals surface area contributed by atoms with Crippen molar-refractivity contribution >= 4 is 23.2 Å². The SMILES string of the molecule is O=C(NC1(C(=O)NCc2ccc(Nc3ccccc3C(F)(F)F)cc2F)CCOC1)c1cn[nH]c(=O)c1. The van der Waals surface area contributed by atoms with Crippen LogP contribution in [0.3, 0.4) is 0 Å². The number of para-hydroxylation sites is 1. The molecule has 1 saturated heterocycles. The molecule has 4 N–H and O–H groups in total. The van der Waals surface area contributed by atoms with E-state index in [-0.39, 0.29) is 48.7 Å². The maximum atomic E-state index is 14.7. The van der Waals surface area contributed by atoms with Crippen LogP contribution >= 0.6 is 0 Å². The molecule has 1 aliphatic heterocycles. The summed E-state index contributed by atoms with van der Waals surface area (Å²) < 4.78 is 59.7. The first-order valence-corrected chi connectivity index (χ1v) is 11.0. The second-order valence-corrected chi connectivity index (χ2v) is 8.33. The molecule has 0 spiro atoms. The maximum absolute atomic E-state index is 14.7. The first-order valence-electron chi connectivity index (χ1n) is 11.0. The Morgan fingerprint density at radius 3 is 2.59 bits per heavy atom. The number of aromatic nitrogens is 2. The Balaban J connectivity index is 1.44. The van der Waals surface area contributed by atoms with Crippen molar-refractivity contribution in [3.8, 4) is 0 Å². The van der Waals surface area contributed by atoms with Crippen LogP contribution in [0.15, 0.2) is 59.5 Å². The number of hydrogen-bond donors (Lipinski definition) is 4. The number of amides is 2. The molecular weight excluding hydrogens is 498 g/mol. The van der Waals surface area contributed by atoms with Crippen LogP contribution in [0.5, 0.6) is 0 Å². The number of benzene rings is 2. The molecule has 1 fully saturated rings. The maximum Gasteiger partial charge on any atom is 0.418 e. The van der Waals surface area contributed by atoms with Gasteiger partial charge in [-0.1, -0.05) is 18.2 Å². The van der Waals surface area contributed by atoms with Gasteiger partial charge in [0, 0.05) is 36.9 Å². The molecule has 0 aliphatic carbocycles. The summed E-state index contributed by atoms with van der Waals surface area (Å²) in [4.78, 5) is 37.0. The number of aromatic amines is 1. The van der Waals surface area contributed by atoms with Gasteiger partial charge in [0.1, 0.15) is 11.4 Å². The zero-order valence-corrected chi connectivity index (χ0v) is 19.1. The van der Waals surface area contributed by atoms with Crippen LogP contribution in [0.25, 0.3) is 0 Å². The van der Waals surface area contributed by atoms with Crippen LogP contribution < -0.4 is 21.5 Å². The number of hydrogen-bond acceptors (Lipinski definition) is 6. The molecule has 2 aromatic carbocycles. The minimum absolute atomic E-state index is 0.0518. The Bertz CT molecular complexity index is 1370. The summed E-state index contributed by atoms with van der Waals surface area (Å²) in [7, 11) is 0. The lowest BCUT2D eigenvalue weighted by Gasteiger charge is -2.27. The fourth-order valence-electron chi connectivity index (χ4n) is 3.80. The summed E-state index contributed by atoms with van der Waals surface area (Å²) >= 11 is 0. The number of ether oxygens (including phenoxy) is 1. The molecule has 0 saturated carbocycles. The van der Waals surface area contributed by atoms with Crippen molar-refractivity contribution in [2.24, 2.45) is 0 Å². The normalized spacial score (nSPS) is 17.3. The van der Waals surface area contributed by atoms with Crippen molar-refractivity contribution in [1.29, 1.82) is 0 Å². The van der Waals surface area contributed by atoms with Crippen molar-refractivity contribution in [2.75, 3.05) is 18.5 Å². The quantitative estimate of drug-likeness (QED) is 0.356. The molecule has 1 unspecified atom stereocenters. The smallest absolute Gasteiger partial charge is 0.378 e. The third-order valence-electron chi connectivity index (χ3n) is 5.74. The van der Waals surface area contributed by atoms with Crippen LogP contribution in [0.4, 0.5) is 28.9 Å². The number of halogens is 4. The number of alkyl halides is 3. The number of nitrogens with zero attached hydrogens (tertiary/aromatic N) is 1. The van der Waals surface area contributed by atoms with E-state index in [2.05, 4.69) is 26.1 Å². The summed E-state index contributed by atoms with van der Waals surface area (Å²) in [5.41, 5.74) is -3.06.